The molecule has 0 spiro atoms. The van der Waals surface area contributed by atoms with E-state index in [0.717, 1.165) is 35.0 Å². The third-order valence-electron chi connectivity index (χ3n) is 5.67. The minimum Gasteiger partial charge on any atom is -0.390 e. The highest BCUT2D eigenvalue weighted by molar-refractivity contribution is 6.10. The van der Waals surface area contributed by atoms with E-state index >= 15 is 0 Å². The maximum atomic E-state index is 13.0. The highest BCUT2D eigenvalue weighted by atomic mass is 16.3. The van der Waals surface area contributed by atoms with Crippen LogP contribution in [0.25, 0.3) is 10.9 Å². The van der Waals surface area contributed by atoms with E-state index in [-0.39, 0.29) is 30.8 Å². The predicted molar refractivity (Wildman–Crippen MR) is 103 cm³/mol. The zero-order valence-electron chi connectivity index (χ0n) is 15.5. The van der Waals surface area contributed by atoms with Crippen molar-refractivity contribution in [3.05, 3.63) is 53.5 Å². The Kier molecular flexibility index (Phi) is 4.05. The second-order valence-electron chi connectivity index (χ2n) is 7.65. The third kappa shape index (κ3) is 2.92. The second kappa shape index (κ2) is 6.60. The Bertz CT molecular complexity index is 1080. The average molecular weight is 378 g/mol. The number of aromatic nitrogens is 3. The standard InChI is InChI=1S/C21H22N4O3/c26-13-15-9-16-10-23(7-8-25(16)22-15)20(27)12-24-11-18(21(28)14-5-6-14)17-3-1-2-4-19(17)24/h1-4,9,11,14,26H,5-8,10,12-13H2. The van der Waals surface area contributed by atoms with Gasteiger partial charge in [0.05, 0.1) is 31.1 Å². The molecule has 0 bridgehead atoms. The summed E-state index contributed by atoms with van der Waals surface area (Å²) in [5.74, 6) is 0.364. The maximum absolute atomic E-state index is 13.0. The fourth-order valence-corrected chi connectivity index (χ4v) is 4.00. The molecule has 1 aliphatic heterocycles. The van der Waals surface area contributed by atoms with Gasteiger partial charge in [0.1, 0.15) is 6.54 Å². The molecule has 5 rings (SSSR count). The van der Waals surface area contributed by atoms with Crippen LogP contribution in [0.15, 0.2) is 36.5 Å². The van der Waals surface area contributed by atoms with E-state index < -0.39 is 0 Å². The maximum Gasteiger partial charge on any atom is 0.242 e. The van der Waals surface area contributed by atoms with Gasteiger partial charge in [0.2, 0.25) is 5.91 Å². The van der Waals surface area contributed by atoms with E-state index in [4.69, 9.17) is 0 Å². The van der Waals surface area contributed by atoms with Gasteiger partial charge in [0, 0.05) is 35.1 Å². The Morgan fingerprint density at radius 3 is 2.79 bits per heavy atom. The Labute approximate surface area is 162 Å². The van der Waals surface area contributed by atoms with Crippen molar-refractivity contribution >= 4 is 22.6 Å². The largest absolute Gasteiger partial charge is 0.390 e. The molecule has 1 amide bonds. The summed E-state index contributed by atoms with van der Waals surface area (Å²) in [6.07, 6.45) is 3.78. The van der Waals surface area contributed by atoms with Crippen molar-refractivity contribution in [2.45, 2.75) is 39.1 Å². The van der Waals surface area contributed by atoms with Gasteiger partial charge in [-0.2, -0.15) is 5.10 Å². The molecule has 0 radical (unpaired) electrons. The number of aliphatic hydroxyl groups is 1. The van der Waals surface area contributed by atoms with E-state index in [2.05, 4.69) is 5.10 Å². The Morgan fingerprint density at radius 2 is 2.00 bits per heavy atom. The minimum atomic E-state index is -0.0961. The van der Waals surface area contributed by atoms with E-state index in [0.29, 0.717) is 25.3 Å². The zero-order valence-corrected chi connectivity index (χ0v) is 15.5. The molecule has 28 heavy (non-hydrogen) atoms. The summed E-state index contributed by atoms with van der Waals surface area (Å²) >= 11 is 0. The Hall–Kier alpha value is -2.93. The SMILES string of the molecule is O=C(c1cn(CC(=O)N2CCn3nc(CO)cc3C2)c2ccccc12)C1CC1. The number of hydrogen-bond donors (Lipinski definition) is 1. The number of amides is 1. The fraction of sp³-hybridized carbons (Fsp3) is 0.381. The van der Waals surface area contributed by atoms with Crippen LogP contribution in [-0.4, -0.2) is 42.6 Å². The van der Waals surface area contributed by atoms with Crippen molar-refractivity contribution in [2.24, 2.45) is 5.92 Å². The van der Waals surface area contributed by atoms with Gasteiger partial charge in [-0.15, -0.1) is 0 Å². The van der Waals surface area contributed by atoms with Crippen LogP contribution in [0, 0.1) is 5.92 Å². The number of benzene rings is 1. The molecule has 144 valence electrons. The van der Waals surface area contributed by atoms with Crippen LogP contribution in [0.5, 0.6) is 0 Å². The van der Waals surface area contributed by atoms with Gasteiger partial charge in [-0.25, -0.2) is 0 Å². The lowest BCUT2D eigenvalue weighted by Gasteiger charge is -2.28. The van der Waals surface area contributed by atoms with Crippen LogP contribution in [0.1, 0.15) is 34.6 Å². The predicted octanol–water partition coefficient (Wildman–Crippen LogP) is 1.97. The number of carbonyl (C=O) groups is 2. The molecule has 3 aromatic rings. The molecule has 1 N–H and O–H groups in total. The smallest absolute Gasteiger partial charge is 0.242 e. The number of ketones is 1. The molecule has 2 aliphatic rings. The van der Waals surface area contributed by atoms with Crippen molar-refractivity contribution in [3.8, 4) is 0 Å². The van der Waals surface area contributed by atoms with Crippen molar-refractivity contribution in [3.63, 3.8) is 0 Å². The average Bonchev–Trinajstić information content (AvgIpc) is 3.39. The molecule has 1 aromatic carbocycles. The topological polar surface area (TPSA) is 80.4 Å². The van der Waals surface area contributed by atoms with Crippen LogP contribution < -0.4 is 0 Å². The minimum absolute atomic E-state index is 0.0178. The molecule has 1 fully saturated rings. The van der Waals surface area contributed by atoms with Gasteiger partial charge in [-0.1, -0.05) is 18.2 Å². The first-order valence-corrected chi connectivity index (χ1v) is 9.70. The highest BCUT2D eigenvalue weighted by Gasteiger charge is 2.32. The summed E-state index contributed by atoms with van der Waals surface area (Å²) in [5, 5.41) is 14.5. The van der Waals surface area contributed by atoms with Crippen LogP contribution >= 0.6 is 0 Å². The number of para-hydroxylation sites is 1. The molecule has 7 nitrogen and oxygen atoms in total. The molecule has 2 aromatic heterocycles. The molecular formula is C21H22N4O3. The number of nitrogens with zero attached hydrogens (tertiary/aromatic N) is 4. The molecule has 1 aliphatic carbocycles. The number of fused-ring (bicyclic) bond motifs is 2. The molecular weight excluding hydrogens is 356 g/mol. The lowest BCUT2D eigenvalue weighted by molar-refractivity contribution is -0.133. The number of hydrogen-bond acceptors (Lipinski definition) is 4. The summed E-state index contributed by atoms with van der Waals surface area (Å²) in [6.45, 7) is 1.81. The van der Waals surface area contributed by atoms with Crippen LogP contribution in [0.4, 0.5) is 0 Å². The van der Waals surface area contributed by atoms with Crippen LogP contribution in [0.3, 0.4) is 0 Å². The Morgan fingerprint density at radius 1 is 1.18 bits per heavy atom. The number of Topliss-reactive ketones (excluding diaryl/α,β-unsaturated/α-hetero) is 1. The van der Waals surface area contributed by atoms with E-state index in [1.807, 2.05) is 50.7 Å². The van der Waals surface area contributed by atoms with Crippen molar-refractivity contribution in [1.82, 2.24) is 19.2 Å². The lowest BCUT2D eigenvalue weighted by Crippen LogP contribution is -2.40. The first-order chi connectivity index (χ1) is 13.6. The van der Waals surface area contributed by atoms with Gasteiger partial charge < -0.3 is 14.6 Å². The summed E-state index contributed by atoms with van der Waals surface area (Å²) in [7, 11) is 0. The van der Waals surface area contributed by atoms with E-state index in [1.54, 1.807) is 0 Å². The third-order valence-corrected chi connectivity index (χ3v) is 5.67. The highest BCUT2D eigenvalue weighted by Crippen LogP contribution is 2.35. The Balaban J connectivity index is 1.39. The molecule has 0 unspecified atom stereocenters. The fourth-order valence-electron chi connectivity index (χ4n) is 4.00. The number of rotatable bonds is 5. The van der Waals surface area contributed by atoms with E-state index in [1.165, 1.54) is 0 Å². The van der Waals surface area contributed by atoms with Crippen LogP contribution in [0.2, 0.25) is 0 Å². The van der Waals surface area contributed by atoms with Crippen molar-refractivity contribution in [2.75, 3.05) is 6.54 Å². The summed E-state index contributed by atoms with van der Waals surface area (Å²) < 4.78 is 3.76. The van der Waals surface area contributed by atoms with Crippen LogP contribution in [-0.2, 0) is 31.0 Å². The summed E-state index contributed by atoms with van der Waals surface area (Å²) in [4.78, 5) is 27.4. The lowest BCUT2D eigenvalue weighted by atomic mass is 10.1. The summed E-state index contributed by atoms with van der Waals surface area (Å²) in [6, 6.07) is 9.64. The first-order valence-electron chi connectivity index (χ1n) is 9.70. The molecule has 1 saturated carbocycles. The number of carbonyl (C=O) groups excluding carboxylic acids is 2. The van der Waals surface area contributed by atoms with E-state index in [9.17, 15) is 14.7 Å². The first kappa shape index (κ1) is 17.2. The molecule has 7 heteroatoms. The zero-order chi connectivity index (χ0) is 19.3. The summed E-state index contributed by atoms with van der Waals surface area (Å²) in [5.41, 5.74) is 3.22. The molecule has 0 saturated heterocycles. The van der Waals surface area contributed by atoms with Crippen molar-refractivity contribution < 1.29 is 14.7 Å². The normalized spacial score (nSPS) is 16.4. The van der Waals surface area contributed by atoms with Gasteiger partial charge in [0.25, 0.3) is 0 Å². The second-order valence-corrected chi connectivity index (χ2v) is 7.65. The van der Waals surface area contributed by atoms with Gasteiger partial charge >= 0.3 is 0 Å². The number of aliphatic hydroxyl groups excluding tert-OH is 1. The van der Waals surface area contributed by atoms with Gasteiger partial charge in [-0.3, -0.25) is 14.3 Å². The van der Waals surface area contributed by atoms with Gasteiger partial charge in [0.15, 0.2) is 5.78 Å². The van der Waals surface area contributed by atoms with Gasteiger partial charge in [-0.05, 0) is 25.0 Å². The quantitative estimate of drug-likeness (QED) is 0.689. The molecule has 0 atom stereocenters. The molecule has 3 heterocycles. The van der Waals surface area contributed by atoms with Crippen molar-refractivity contribution in [1.29, 1.82) is 0 Å². The monoisotopic (exact) mass is 378 g/mol.